The van der Waals surface area contributed by atoms with Crippen molar-refractivity contribution in [1.29, 1.82) is 0 Å². The van der Waals surface area contributed by atoms with Gasteiger partial charge in [0.05, 0.1) is 25.5 Å². The number of hydrogen-bond donors (Lipinski definition) is 0. The molecule has 0 N–H and O–H groups in total. The second-order valence-electron chi connectivity index (χ2n) is 7.68. The van der Waals surface area contributed by atoms with E-state index in [2.05, 4.69) is 10.3 Å². The summed E-state index contributed by atoms with van der Waals surface area (Å²) in [6, 6.07) is 10.1. The SMILES string of the molecule is Cn1nnc2c1[C@H](COCc1ccccc1)CN(C(=O)C(C)(C)C)C2. The lowest BCUT2D eigenvalue weighted by Crippen LogP contribution is -2.45. The fourth-order valence-electron chi connectivity index (χ4n) is 3.27. The van der Waals surface area contributed by atoms with Gasteiger partial charge in [-0.15, -0.1) is 5.10 Å². The van der Waals surface area contributed by atoms with E-state index in [1.807, 2.05) is 67.7 Å². The molecule has 1 aliphatic rings. The molecular weight excluding hydrogens is 316 g/mol. The van der Waals surface area contributed by atoms with E-state index in [-0.39, 0.29) is 11.8 Å². The Balaban J connectivity index is 1.72. The van der Waals surface area contributed by atoms with E-state index in [0.29, 0.717) is 26.3 Å². The first-order chi connectivity index (χ1) is 11.9. The number of hydrogen-bond acceptors (Lipinski definition) is 4. The van der Waals surface area contributed by atoms with Crippen molar-refractivity contribution in [3.05, 3.63) is 47.3 Å². The molecule has 0 aliphatic carbocycles. The number of ether oxygens (including phenoxy) is 1. The molecule has 1 aromatic heterocycles. The van der Waals surface area contributed by atoms with Crippen molar-refractivity contribution in [2.24, 2.45) is 12.5 Å². The molecule has 1 atom stereocenters. The van der Waals surface area contributed by atoms with Gasteiger partial charge in [0.2, 0.25) is 5.91 Å². The zero-order chi connectivity index (χ0) is 18.0. The van der Waals surface area contributed by atoms with Crippen LogP contribution in [0.5, 0.6) is 0 Å². The van der Waals surface area contributed by atoms with Crippen LogP contribution in [-0.2, 0) is 29.7 Å². The highest BCUT2D eigenvalue weighted by atomic mass is 16.5. The van der Waals surface area contributed by atoms with Gasteiger partial charge in [-0.3, -0.25) is 9.48 Å². The summed E-state index contributed by atoms with van der Waals surface area (Å²) in [6.45, 7) is 8.10. The van der Waals surface area contributed by atoms with Gasteiger partial charge in [-0.2, -0.15) is 0 Å². The van der Waals surface area contributed by atoms with E-state index in [4.69, 9.17) is 4.74 Å². The van der Waals surface area contributed by atoms with E-state index in [1.54, 1.807) is 0 Å². The summed E-state index contributed by atoms with van der Waals surface area (Å²) in [5, 5.41) is 8.39. The van der Waals surface area contributed by atoms with Crippen LogP contribution in [0.3, 0.4) is 0 Å². The van der Waals surface area contributed by atoms with Crippen LogP contribution in [0.1, 0.15) is 43.6 Å². The average molecular weight is 342 g/mol. The molecule has 0 radical (unpaired) electrons. The lowest BCUT2D eigenvalue weighted by molar-refractivity contribution is -0.141. The zero-order valence-electron chi connectivity index (χ0n) is 15.4. The summed E-state index contributed by atoms with van der Waals surface area (Å²) in [6.07, 6.45) is 0. The topological polar surface area (TPSA) is 60.2 Å². The third kappa shape index (κ3) is 3.90. The molecule has 3 rings (SSSR count). The smallest absolute Gasteiger partial charge is 0.228 e. The van der Waals surface area contributed by atoms with E-state index < -0.39 is 5.41 Å². The fraction of sp³-hybridized carbons (Fsp3) is 0.526. The Morgan fingerprint density at radius 2 is 2.00 bits per heavy atom. The molecule has 2 heterocycles. The van der Waals surface area contributed by atoms with E-state index >= 15 is 0 Å². The first kappa shape index (κ1) is 17.6. The Morgan fingerprint density at radius 3 is 2.68 bits per heavy atom. The van der Waals surface area contributed by atoms with Gasteiger partial charge in [-0.05, 0) is 5.56 Å². The number of aromatic nitrogens is 3. The second kappa shape index (κ2) is 6.96. The Morgan fingerprint density at radius 1 is 1.28 bits per heavy atom. The minimum atomic E-state index is -0.408. The summed E-state index contributed by atoms with van der Waals surface area (Å²) >= 11 is 0. The van der Waals surface area contributed by atoms with Crippen LogP contribution >= 0.6 is 0 Å². The quantitative estimate of drug-likeness (QED) is 0.856. The molecule has 0 saturated carbocycles. The van der Waals surface area contributed by atoms with Crippen molar-refractivity contribution in [3.8, 4) is 0 Å². The van der Waals surface area contributed by atoms with Gasteiger partial charge < -0.3 is 9.64 Å². The van der Waals surface area contributed by atoms with Gasteiger partial charge in [0.25, 0.3) is 0 Å². The molecule has 1 aromatic carbocycles. The molecule has 6 heteroatoms. The van der Waals surface area contributed by atoms with Crippen molar-refractivity contribution in [2.45, 2.75) is 39.8 Å². The number of nitrogens with zero attached hydrogens (tertiary/aromatic N) is 4. The lowest BCUT2D eigenvalue weighted by Gasteiger charge is -2.35. The van der Waals surface area contributed by atoms with Crippen molar-refractivity contribution in [3.63, 3.8) is 0 Å². The van der Waals surface area contributed by atoms with Crippen molar-refractivity contribution in [2.75, 3.05) is 13.2 Å². The van der Waals surface area contributed by atoms with Gasteiger partial charge in [0.15, 0.2) is 0 Å². The molecular formula is C19H26N4O2. The standard InChI is InChI=1S/C19H26N4O2/c1-19(2,3)18(24)23-10-15(17-16(11-23)20-21-22(17)4)13-25-12-14-8-6-5-7-9-14/h5-9,15H,10-13H2,1-4H3/t15-/m0/s1. The minimum absolute atomic E-state index is 0.0822. The van der Waals surface area contributed by atoms with Crippen LogP contribution in [0, 0.1) is 5.41 Å². The fourth-order valence-corrected chi connectivity index (χ4v) is 3.27. The minimum Gasteiger partial charge on any atom is -0.376 e. The van der Waals surface area contributed by atoms with Crippen LogP contribution in [0.25, 0.3) is 0 Å². The first-order valence-corrected chi connectivity index (χ1v) is 8.65. The normalized spacial score (nSPS) is 17.4. The van der Waals surface area contributed by atoms with Crippen molar-refractivity contribution < 1.29 is 9.53 Å². The highest BCUT2D eigenvalue weighted by Crippen LogP contribution is 2.30. The van der Waals surface area contributed by atoms with Crippen molar-refractivity contribution in [1.82, 2.24) is 19.9 Å². The predicted molar refractivity (Wildman–Crippen MR) is 94.7 cm³/mol. The number of rotatable bonds is 4. The van der Waals surface area contributed by atoms with E-state index in [9.17, 15) is 4.79 Å². The number of carbonyl (C=O) groups excluding carboxylic acids is 1. The lowest BCUT2D eigenvalue weighted by atomic mass is 9.91. The predicted octanol–water partition coefficient (Wildman–Crippen LogP) is 2.50. The van der Waals surface area contributed by atoms with Gasteiger partial charge in [-0.25, -0.2) is 0 Å². The highest BCUT2D eigenvalue weighted by Gasteiger charge is 2.36. The molecule has 1 aliphatic heterocycles. The molecule has 0 bridgehead atoms. The second-order valence-corrected chi connectivity index (χ2v) is 7.68. The molecule has 0 spiro atoms. The summed E-state index contributed by atoms with van der Waals surface area (Å²) in [5.41, 5.74) is 2.68. The highest BCUT2D eigenvalue weighted by molar-refractivity contribution is 5.81. The van der Waals surface area contributed by atoms with Crippen LogP contribution < -0.4 is 0 Å². The number of benzene rings is 1. The number of carbonyl (C=O) groups is 1. The molecule has 6 nitrogen and oxygen atoms in total. The molecule has 1 amide bonds. The molecule has 134 valence electrons. The average Bonchev–Trinajstić information content (AvgIpc) is 2.95. The summed E-state index contributed by atoms with van der Waals surface area (Å²) in [7, 11) is 1.90. The Bertz CT molecular complexity index is 734. The summed E-state index contributed by atoms with van der Waals surface area (Å²) in [5.74, 6) is 0.218. The van der Waals surface area contributed by atoms with E-state index in [0.717, 1.165) is 17.0 Å². The number of fused-ring (bicyclic) bond motifs is 1. The van der Waals surface area contributed by atoms with Gasteiger partial charge in [0.1, 0.15) is 5.69 Å². The van der Waals surface area contributed by atoms with Gasteiger partial charge >= 0.3 is 0 Å². The summed E-state index contributed by atoms with van der Waals surface area (Å²) < 4.78 is 7.76. The summed E-state index contributed by atoms with van der Waals surface area (Å²) in [4.78, 5) is 14.6. The Labute approximate surface area is 148 Å². The zero-order valence-corrected chi connectivity index (χ0v) is 15.4. The molecule has 0 unspecified atom stereocenters. The van der Waals surface area contributed by atoms with Crippen LogP contribution in [0.2, 0.25) is 0 Å². The number of amides is 1. The Hall–Kier alpha value is -2.21. The van der Waals surface area contributed by atoms with Crippen LogP contribution in [-0.4, -0.2) is 39.0 Å². The monoisotopic (exact) mass is 342 g/mol. The maximum Gasteiger partial charge on any atom is 0.228 e. The van der Waals surface area contributed by atoms with E-state index in [1.165, 1.54) is 0 Å². The first-order valence-electron chi connectivity index (χ1n) is 8.65. The van der Waals surface area contributed by atoms with Gasteiger partial charge in [-0.1, -0.05) is 56.3 Å². The third-order valence-corrected chi connectivity index (χ3v) is 4.47. The van der Waals surface area contributed by atoms with Crippen molar-refractivity contribution >= 4 is 5.91 Å². The van der Waals surface area contributed by atoms with Crippen LogP contribution in [0.15, 0.2) is 30.3 Å². The molecule has 0 saturated heterocycles. The Kier molecular flexibility index (Phi) is 4.90. The van der Waals surface area contributed by atoms with Crippen LogP contribution in [0.4, 0.5) is 0 Å². The van der Waals surface area contributed by atoms with Gasteiger partial charge in [0, 0.05) is 24.9 Å². The molecule has 0 fully saturated rings. The largest absolute Gasteiger partial charge is 0.376 e. The number of aryl methyl sites for hydroxylation is 1. The maximum atomic E-state index is 12.7. The molecule has 2 aromatic rings. The third-order valence-electron chi connectivity index (χ3n) is 4.47. The molecule has 25 heavy (non-hydrogen) atoms. The maximum absolute atomic E-state index is 12.7.